The average Bonchev–Trinajstić information content (AvgIpc) is 3.89. The van der Waals surface area contributed by atoms with Crippen molar-refractivity contribution in [2.45, 2.75) is 32.2 Å². The summed E-state index contributed by atoms with van der Waals surface area (Å²) in [6.07, 6.45) is 0.195. The van der Waals surface area contributed by atoms with E-state index in [1.165, 1.54) is 41.7 Å². The molecule has 0 aliphatic carbocycles. The molecule has 1 unspecified atom stereocenters. The summed E-state index contributed by atoms with van der Waals surface area (Å²) in [5.74, 6) is -4.01. The van der Waals surface area contributed by atoms with Gasteiger partial charge in [0.25, 0.3) is 17.7 Å². The third-order valence-corrected chi connectivity index (χ3v) is 10.8. The Hall–Kier alpha value is -6.82. The minimum absolute atomic E-state index is 0.000262. The van der Waals surface area contributed by atoms with E-state index in [-0.39, 0.29) is 79.7 Å². The molecule has 21 nitrogen and oxygen atoms in total. The first kappa shape index (κ1) is 50.6. The first-order chi connectivity index (χ1) is 33.0. The van der Waals surface area contributed by atoms with Crippen LogP contribution in [0.5, 0.6) is 11.5 Å². The fourth-order valence-electron chi connectivity index (χ4n) is 6.73. The number of aromatic nitrogens is 1. The number of phenolic OH excluding ortho intramolecular Hbond substituents is 1. The van der Waals surface area contributed by atoms with Gasteiger partial charge >= 0.3 is 5.97 Å². The Morgan fingerprint density at radius 2 is 1.47 bits per heavy atom. The summed E-state index contributed by atoms with van der Waals surface area (Å²) in [4.78, 5) is 92.1. The zero-order chi connectivity index (χ0) is 48.3. The zero-order valence-corrected chi connectivity index (χ0v) is 38.0. The van der Waals surface area contributed by atoms with Crippen molar-refractivity contribution in [2.75, 3.05) is 96.5 Å². The molecule has 4 aromatic rings. The van der Waals surface area contributed by atoms with Gasteiger partial charge in [-0.3, -0.25) is 39.0 Å². The molecule has 1 saturated heterocycles. The smallest absolute Gasteiger partial charge is 0.341 e. The highest BCUT2D eigenvalue weighted by molar-refractivity contribution is 7.14. The Labute approximate surface area is 394 Å². The van der Waals surface area contributed by atoms with Gasteiger partial charge in [0.15, 0.2) is 11.7 Å². The Morgan fingerprint density at radius 1 is 0.809 bits per heavy atom. The molecule has 22 heteroatoms. The second-order valence-electron chi connectivity index (χ2n) is 14.8. The van der Waals surface area contributed by atoms with Crippen molar-refractivity contribution in [2.24, 2.45) is 0 Å². The molecule has 1 fully saturated rings. The molecular weight excluding hydrogens is 909 g/mol. The van der Waals surface area contributed by atoms with Crippen LogP contribution in [0.15, 0.2) is 66.0 Å². The Balaban J connectivity index is 0.715. The first-order valence-electron chi connectivity index (χ1n) is 21.8. The number of aromatic hydroxyl groups is 1. The summed E-state index contributed by atoms with van der Waals surface area (Å²) in [6, 6.07) is 15.2. The maximum atomic E-state index is 13.2. The van der Waals surface area contributed by atoms with Gasteiger partial charge < -0.3 is 54.2 Å². The number of fused-ring (bicyclic) bond motifs is 1. The highest BCUT2D eigenvalue weighted by Gasteiger charge is 2.46. The van der Waals surface area contributed by atoms with Crippen LogP contribution < -0.4 is 26.0 Å². The molecular formula is C46H52N6O15S. The molecule has 6 rings (SSSR count). The molecule has 5 N–H and O–H groups in total. The highest BCUT2D eigenvalue weighted by Crippen LogP contribution is 2.34. The molecule has 362 valence electrons. The summed E-state index contributed by atoms with van der Waals surface area (Å²) in [5.41, 5.74) is 2.87. The normalized spacial score (nSPS) is 14.4. The second kappa shape index (κ2) is 25.9. The lowest BCUT2D eigenvalue weighted by Crippen LogP contribution is -2.54. The van der Waals surface area contributed by atoms with E-state index in [2.05, 4.69) is 26.3 Å². The van der Waals surface area contributed by atoms with Crippen LogP contribution in [0.4, 0.5) is 16.5 Å². The van der Waals surface area contributed by atoms with Crippen LogP contribution >= 0.6 is 11.3 Å². The number of nitrogens with zero attached hydrogens (tertiary/aromatic N) is 2. The van der Waals surface area contributed by atoms with Crippen LogP contribution in [0.3, 0.4) is 0 Å². The molecule has 68 heavy (non-hydrogen) atoms. The number of benzene rings is 3. The summed E-state index contributed by atoms with van der Waals surface area (Å²) in [7, 11) is 0. The average molecular weight is 961 g/mol. The lowest BCUT2D eigenvalue weighted by Gasteiger charge is -2.27. The van der Waals surface area contributed by atoms with Crippen LogP contribution in [0.1, 0.15) is 57.3 Å². The molecule has 1 aromatic heterocycles. The van der Waals surface area contributed by atoms with E-state index in [9.17, 15) is 38.7 Å². The van der Waals surface area contributed by atoms with Crippen LogP contribution in [-0.4, -0.2) is 148 Å². The number of nitrogens with one attached hydrogen (secondary N) is 4. The predicted molar refractivity (Wildman–Crippen MR) is 244 cm³/mol. The standard InChI is InChI=1S/C46H52N6O15S/c1-2-66-45(60)32-11-10-31(26-36(32)53)49-46-50-34(28-68-46)29-6-8-30(9-7-29)48-39(55)14-16-61-18-20-63-22-24-65-25-23-64-21-19-62-17-15-47-40(56)27-67-37-5-3-4-33-41(37)44(59)52(43(33)58)35-12-13-38(54)51-42(35)57/h3-11,26,28,35,53H,2,12-25,27H2,1H3,(H,47,56)(H,48,55)(H,49,50)(H,51,54,57). The number of hydrogen-bond donors (Lipinski definition) is 5. The van der Waals surface area contributed by atoms with Crippen molar-refractivity contribution in [1.29, 1.82) is 0 Å². The van der Waals surface area contributed by atoms with Gasteiger partial charge in [0.05, 0.1) is 95.9 Å². The topological polar surface area (TPSA) is 269 Å². The van der Waals surface area contributed by atoms with Crippen LogP contribution in [-0.2, 0) is 47.6 Å². The molecule has 1 atom stereocenters. The van der Waals surface area contributed by atoms with Gasteiger partial charge in [-0.05, 0) is 49.7 Å². The number of carbonyl (C=O) groups excluding carboxylic acids is 7. The number of imide groups is 2. The largest absolute Gasteiger partial charge is 0.507 e. The van der Waals surface area contributed by atoms with Gasteiger partial charge in [-0.15, -0.1) is 11.3 Å². The first-order valence-corrected chi connectivity index (χ1v) is 22.7. The lowest BCUT2D eigenvalue weighted by molar-refractivity contribution is -0.136. The van der Waals surface area contributed by atoms with E-state index < -0.39 is 48.2 Å². The van der Waals surface area contributed by atoms with E-state index >= 15 is 0 Å². The number of esters is 1. The number of amides is 6. The van der Waals surface area contributed by atoms with Crippen LogP contribution in [0.25, 0.3) is 11.3 Å². The fourth-order valence-corrected chi connectivity index (χ4v) is 7.47. The molecule has 3 heterocycles. The van der Waals surface area contributed by atoms with E-state index in [4.69, 9.17) is 33.2 Å². The molecule has 0 spiro atoms. The van der Waals surface area contributed by atoms with Crippen molar-refractivity contribution < 1.29 is 71.8 Å². The Kier molecular flexibility index (Phi) is 19.3. The summed E-state index contributed by atoms with van der Waals surface area (Å²) < 4.78 is 38.0. The highest BCUT2D eigenvalue weighted by atomic mass is 32.1. The molecule has 0 bridgehead atoms. The Morgan fingerprint density at radius 3 is 2.13 bits per heavy atom. The van der Waals surface area contributed by atoms with Crippen molar-refractivity contribution in [3.63, 3.8) is 0 Å². The number of hydrogen-bond acceptors (Lipinski definition) is 18. The van der Waals surface area contributed by atoms with Crippen molar-refractivity contribution >= 4 is 69.3 Å². The third kappa shape index (κ3) is 14.6. The molecule has 2 aliphatic heterocycles. The number of rotatable bonds is 28. The van der Waals surface area contributed by atoms with E-state index in [1.54, 1.807) is 25.1 Å². The minimum Gasteiger partial charge on any atom is -0.507 e. The zero-order valence-electron chi connectivity index (χ0n) is 37.2. The molecule has 6 amide bonds. The van der Waals surface area contributed by atoms with Gasteiger partial charge in [0.1, 0.15) is 23.1 Å². The van der Waals surface area contributed by atoms with Crippen LogP contribution in [0.2, 0.25) is 0 Å². The van der Waals surface area contributed by atoms with Gasteiger partial charge in [-0.1, -0.05) is 18.2 Å². The molecule has 3 aromatic carbocycles. The molecule has 2 aliphatic rings. The van der Waals surface area contributed by atoms with E-state index in [0.717, 1.165) is 16.2 Å². The minimum atomic E-state index is -1.11. The number of thiazole rings is 1. The quantitative estimate of drug-likeness (QED) is 0.0310. The fraction of sp³-hybridized carbons (Fsp3) is 0.391. The maximum Gasteiger partial charge on any atom is 0.341 e. The van der Waals surface area contributed by atoms with Crippen molar-refractivity contribution in [1.82, 2.24) is 20.5 Å². The SMILES string of the molecule is CCOC(=O)c1ccc(Nc2nc(-c3ccc(NC(=O)CCOCCOCCOCCOCCOCCNC(=O)COc4cccc5c4C(=O)N(C4CCC(=O)NC4=O)C5=O)cc3)cs2)cc1O. The molecule has 0 radical (unpaired) electrons. The third-order valence-electron chi connectivity index (χ3n) is 10.0. The summed E-state index contributed by atoms with van der Waals surface area (Å²) in [5, 5.41) is 23.5. The monoisotopic (exact) mass is 960 g/mol. The van der Waals surface area contributed by atoms with Gasteiger partial charge in [-0.25, -0.2) is 9.78 Å². The number of anilines is 3. The van der Waals surface area contributed by atoms with E-state index in [1.807, 2.05) is 17.5 Å². The number of phenols is 1. The van der Waals surface area contributed by atoms with Gasteiger partial charge in [0, 0.05) is 41.4 Å². The Bertz CT molecular complexity index is 2410. The number of piperidine rings is 1. The maximum absolute atomic E-state index is 13.2. The molecule has 0 saturated carbocycles. The summed E-state index contributed by atoms with van der Waals surface area (Å²) >= 11 is 1.38. The lowest BCUT2D eigenvalue weighted by atomic mass is 10.0. The van der Waals surface area contributed by atoms with E-state index in [0.29, 0.717) is 69.4 Å². The summed E-state index contributed by atoms with van der Waals surface area (Å²) in [6.45, 7) is 4.85. The van der Waals surface area contributed by atoms with Crippen molar-refractivity contribution in [3.05, 3.63) is 82.7 Å². The van der Waals surface area contributed by atoms with Gasteiger partial charge in [-0.2, -0.15) is 0 Å². The van der Waals surface area contributed by atoms with Crippen molar-refractivity contribution in [3.8, 4) is 22.8 Å². The number of ether oxygens (including phenoxy) is 7. The van der Waals surface area contributed by atoms with Gasteiger partial charge in [0.2, 0.25) is 17.7 Å². The predicted octanol–water partition coefficient (Wildman–Crippen LogP) is 3.44. The second-order valence-corrected chi connectivity index (χ2v) is 15.7. The number of carbonyl (C=O) groups is 7. The van der Waals surface area contributed by atoms with Crippen LogP contribution in [0, 0.1) is 0 Å².